The van der Waals surface area contributed by atoms with Gasteiger partial charge in [0.25, 0.3) is 0 Å². The lowest BCUT2D eigenvalue weighted by Gasteiger charge is -2.39. The predicted octanol–water partition coefficient (Wildman–Crippen LogP) is 9.15. The van der Waals surface area contributed by atoms with E-state index in [0.717, 1.165) is 12.8 Å². The van der Waals surface area contributed by atoms with Crippen LogP contribution < -0.4 is 0 Å². The first kappa shape index (κ1) is 29.9. The molecule has 4 heteroatoms. The molecule has 1 fully saturated rings. The number of methoxy groups -OCH3 is 1. The Kier molecular flexibility index (Phi) is 10.4. The van der Waals surface area contributed by atoms with E-state index in [1.807, 2.05) is 18.2 Å². The lowest BCUT2D eigenvalue weighted by Crippen LogP contribution is -2.43. The Morgan fingerprint density at radius 3 is 2.65 bits per heavy atom. The Labute approximate surface area is 228 Å². The molecule has 0 spiro atoms. The highest BCUT2D eigenvalue weighted by Gasteiger charge is 2.40. The first-order valence-corrected chi connectivity index (χ1v) is 17.6. The minimum Gasteiger partial charge on any atom is -0.465 e. The van der Waals surface area contributed by atoms with Gasteiger partial charge >= 0.3 is 5.97 Å². The summed E-state index contributed by atoms with van der Waals surface area (Å²) in [5.41, 5.74) is 3.36. The van der Waals surface area contributed by atoms with Gasteiger partial charge < -0.3 is 9.16 Å². The van der Waals surface area contributed by atoms with Gasteiger partial charge in [-0.3, -0.25) is 0 Å². The van der Waals surface area contributed by atoms with Gasteiger partial charge in [-0.1, -0.05) is 89.8 Å². The number of ether oxygens (including phenoxy) is 1. The average Bonchev–Trinajstić information content (AvgIpc) is 3.40. The maximum atomic E-state index is 11.9. The zero-order chi connectivity index (χ0) is 27.2. The van der Waals surface area contributed by atoms with Gasteiger partial charge in [0.1, 0.15) is 0 Å². The van der Waals surface area contributed by atoms with Gasteiger partial charge in [-0.05, 0) is 91.6 Å². The monoisotopic (exact) mass is 524 g/mol. The van der Waals surface area contributed by atoms with E-state index in [2.05, 4.69) is 72.0 Å². The van der Waals surface area contributed by atoms with Crippen LogP contribution in [0.5, 0.6) is 0 Å². The van der Waals surface area contributed by atoms with Gasteiger partial charge in [-0.25, -0.2) is 4.79 Å². The molecule has 0 radical (unpaired) electrons. The topological polar surface area (TPSA) is 35.5 Å². The van der Waals surface area contributed by atoms with Crippen molar-refractivity contribution in [2.75, 3.05) is 7.11 Å². The quantitative estimate of drug-likeness (QED) is 0.155. The fourth-order valence-corrected chi connectivity index (χ4v) is 7.21. The maximum absolute atomic E-state index is 11.9. The van der Waals surface area contributed by atoms with Gasteiger partial charge in [0.15, 0.2) is 8.32 Å². The minimum absolute atomic E-state index is 0.222. The summed E-state index contributed by atoms with van der Waals surface area (Å²) < 4.78 is 11.9. The molecule has 206 valence electrons. The second-order valence-corrected chi connectivity index (χ2v) is 18.0. The molecule has 37 heavy (non-hydrogen) atoms. The Morgan fingerprint density at radius 2 is 1.97 bits per heavy atom. The molecule has 0 N–H and O–H groups in total. The fraction of sp³-hybridized carbons (Fsp3) is 0.667. The average molecular weight is 525 g/mol. The van der Waals surface area contributed by atoms with Crippen molar-refractivity contribution in [2.24, 2.45) is 23.7 Å². The van der Waals surface area contributed by atoms with E-state index < -0.39 is 8.32 Å². The van der Waals surface area contributed by atoms with Crippen LogP contribution in [0.4, 0.5) is 0 Å². The van der Waals surface area contributed by atoms with Gasteiger partial charge in [-0.15, -0.1) is 0 Å². The number of carbonyl (C=O) groups excluding carboxylic acids is 1. The SMILES string of the molecule is CCCC[C@H](C)C[C@@H](/C=C/[C@H]1CC[C@@H]2C=C(Cc3cccc(C(=O)OC)c3)C[C@@H]21)O[Si](C)(C)C(C)(C)C. The van der Waals surface area contributed by atoms with E-state index in [0.29, 0.717) is 29.2 Å². The molecule has 1 saturated carbocycles. The minimum atomic E-state index is -1.83. The summed E-state index contributed by atoms with van der Waals surface area (Å²) in [6.07, 6.45) is 17.4. The van der Waals surface area contributed by atoms with E-state index in [1.54, 1.807) is 0 Å². The largest absolute Gasteiger partial charge is 0.465 e. The number of allylic oxidation sites excluding steroid dienone is 3. The molecule has 0 saturated heterocycles. The van der Waals surface area contributed by atoms with Gasteiger partial charge in [0.2, 0.25) is 0 Å². The van der Waals surface area contributed by atoms with E-state index in [1.165, 1.54) is 56.8 Å². The van der Waals surface area contributed by atoms with Crippen LogP contribution in [0, 0.1) is 23.7 Å². The predicted molar refractivity (Wildman–Crippen MR) is 158 cm³/mol. The molecule has 0 amide bonds. The molecule has 1 aromatic rings. The molecule has 1 aromatic carbocycles. The Balaban J connectivity index is 1.66. The highest BCUT2D eigenvalue weighted by molar-refractivity contribution is 6.74. The van der Waals surface area contributed by atoms with Crippen molar-refractivity contribution in [2.45, 2.75) is 110 Å². The third-order valence-electron chi connectivity index (χ3n) is 9.17. The molecule has 5 atom stereocenters. The van der Waals surface area contributed by atoms with Crippen molar-refractivity contribution in [1.82, 2.24) is 0 Å². The van der Waals surface area contributed by atoms with Crippen LogP contribution in [0.25, 0.3) is 0 Å². The molecule has 2 aliphatic rings. The third-order valence-corrected chi connectivity index (χ3v) is 13.7. The summed E-state index contributed by atoms with van der Waals surface area (Å²) in [7, 11) is -0.392. The van der Waals surface area contributed by atoms with Crippen LogP contribution in [-0.2, 0) is 15.6 Å². The van der Waals surface area contributed by atoms with Crippen molar-refractivity contribution in [3.8, 4) is 0 Å². The van der Waals surface area contributed by atoms with Gasteiger partial charge in [-0.2, -0.15) is 0 Å². The molecule has 0 unspecified atom stereocenters. The standard InChI is InChI=1S/C33H52O3Si/c1-9-10-12-24(2)19-30(36-37(7,8)33(3,4)5)18-17-27-15-16-28-22-26(23-31(27)28)20-25-13-11-14-29(21-25)32(34)35-6/h11,13-14,17-18,21-22,24,27-28,30-31H,9-10,12,15-16,19-20,23H2,1-8H3/b18-17+/t24-,27+,28+,30+,31+/m0/s1. The Morgan fingerprint density at radius 1 is 1.22 bits per heavy atom. The van der Waals surface area contributed by atoms with Crippen molar-refractivity contribution < 1.29 is 14.0 Å². The molecular weight excluding hydrogens is 472 g/mol. The molecule has 3 rings (SSSR count). The second kappa shape index (κ2) is 12.9. The molecule has 0 aromatic heterocycles. The fourth-order valence-electron chi connectivity index (χ4n) is 5.93. The van der Waals surface area contributed by atoms with Crippen molar-refractivity contribution in [3.05, 3.63) is 59.2 Å². The first-order valence-electron chi connectivity index (χ1n) is 14.7. The zero-order valence-corrected chi connectivity index (χ0v) is 25.8. The van der Waals surface area contributed by atoms with Crippen molar-refractivity contribution in [1.29, 1.82) is 0 Å². The number of carbonyl (C=O) groups is 1. The van der Waals surface area contributed by atoms with Gasteiger partial charge in [0.05, 0.1) is 18.8 Å². The maximum Gasteiger partial charge on any atom is 0.337 e. The number of esters is 1. The van der Waals surface area contributed by atoms with E-state index in [9.17, 15) is 4.79 Å². The van der Waals surface area contributed by atoms with Crippen LogP contribution >= 0.6 is 0 Å². The third kappa shape index (κ3) is 8.16. The molecule has 3 nitrogen and oxygen atoms in total. The van der Waals surface area contributed by atoms with E-state index in [4.69, 9.17) is 9.16 Å². The Hall–Kier alpha value is -1.65. The molecular formula is C33H52O3Si. The number of rotatable bonds is 12. The summed E-state index contributed by atoms with van der Waals surface area (Å²) in [5, 5.41) is 0.222. The summed E-state index contributed by atoms with van der Waals surface area (Å²) >= 11 is 0. The normalized spacial score (nSPS) is 23.7. The molecule has 0 heterocycles. The van der Waals surface area contributed by atoms with Crippen molar-refractivity contribution >= 4 is 14.3 Å². The number of benzene rings is 1. The number of unbranched alkanes of at least 4 members (excludes halogenated alkanes) is 1. The second-order valence-electron chi connectivity index (χ2n) is 13.3. The van der Waals surface area contributed by atoms with Crippen LogP contribution in [0.15, 0.2) is 48.1 Å². The number of hydrogen-bond acceptors (Lipinski definition) is 3. The van der Waals surface area contributed by atoms with Crippen LogP contribution in [0.1, 0.15) is 95.5 Å². The summed E-state index contributed by atoms with van der Waals surface area (Å²) in [6.45, 7) is 16.5. The van der Waals surface area contributed by atoms with E-state index in [-0.39, 0.29) is 17.1 Å². The van der Waals surface area contributed by atoms with Crippen molar-refractivity contribution in [3.63, 3.8) is 0 Å². The number of fused-ring (bicyclic) bond motifs is 1. The zero-order valence-electron chi connectivity index (χ0n) is 24.8. The molecule has 0 bridgehead atoms. The highest BCUT2D eigenvalue weighted by Crippen LogP contribution is 2.48. The first-order chi connectivity index (χ1) is 17.4. The number of hydrogen-bond donors (Lipinski definition) is 0. The Bertz CT molecular complexity index is 955. The lowest BCUT2D eigenvalue weighted by atomic mass is 9.88. The summed E-state index contributed by atoms with van der Waals surface area (Å²) in [6, 6.07) is 7.91. The summed E-state index contributed by atoms with van der Waals surface area (Å²) in [5.74, 6) is 2.47. The van der Waals surface area contributed by atoms with Crippen LogP contribution in [0.2, 0.25) is 18.1 Å². The smallest absolute Gasteiger partial charge is 0.337 e. The van der Waals surface area contributed by atoms with E-state index >= 15 is 0 Å². The van der Waals surface area contributed by atoms with Crippen LogP contribution in [0.3, 0.4) is 0 Å². The lowest BCUT2D eigenvalue weighted by molar-refractivity contribution is 0.0600. The van der Waals surface area contributed by atoms with Crippen LogP contribution in [-0.4, -0.2) is 27.5 Å². The molecule has 2 aliphatic carbocycles. The summed E-state index contributed by atoms with van der Waals surface area (Å²) in [4.78, 5) is 11.9. The highest BCUT2D eigenvalue weighted by atomic mass is 28.4. The van der Waals surface area contributed by atoms with Gasteiger partial charge in [0, 0.05) is 0 Å². The molecule has 0 aliphatic heterocycles.